The van der Waals surface area contributed by atoms with Gasteiger partial charge in [0.15, 0.2) is 0 Å². The van der Waals surface area contributed by atoms with Crippen LogP contribution in [0.2, 0.25) is 0 Å². The number of hydrogen-bond acceptors (Lipinski definition) is 6. The van der Waals surface area contributed by atoms with E-state index in [-0.39, 0.29) is 0 Å². The molecule has 6 heteroatoms. The SMILES string of the molecule is O=C1CCN(c2cc(N3CCSCC3)ncn2)CC1. The van der Waals surface area contributed by atoms with E-state index in [1.54, 1.807) is 6.33 Å². The molecule has 1 aromatic heterocycles. The molecule has 0 amide bonds. The molecule has 2 aliphatic heterocycles. The first-order chi connectivity index (χ1) is 9.33. The largest absolute Gasteiger partial charge is 0.356 e. The highest BCUT2D eigenvalue weighted by molar-refractivity contribution is 7.99. The molecule has 2 saturated heterocycles. The van der Waals surface area contributed by atoms with Crippen LogP contribution in [-0.4, -0.2) is 53.4 Å². The van der Waals surface area contributed by atoms with E-state index in [0.717, 1.165) is 49.3 Å². The lowest BCUT2D eigenvalue weighted by Gasteiger charge is -2.30. The zero-order valence-electron chi connectivity index (χ0n) is 10.9. The van der Waals surface area contributed by atoms with Gasteiger partial charge in [0.25, 0.3) is 0 Å². The minimum absolute atomic E-state index is 0.360. The Morgan fingerprint density at radius 3 is 2.16 bits per heavy atom. The smallest absolute Gasteiger partial charge is 0.136 e. The molecule has 0 radical (unpaired) electrons. The molecule has 0 atom stereocenters. The molecular weight excluding hydrogens is 260 g/mol. The summed E-state index contributed by atoms with van der Waals surface area (Å²) in [6.45, 7) is 3.68. The average Bonchev–Trinajstić information content (AvgIpc) is 2.49. The van der Waals surface area contributed by atoms with Gasteiger partial charge in [-0.1, -0.05) is 0 Å². The van der Waals surface area contributed by atoms with Gasteiger partial charge in [0.2, 0.25) is 0 Å². The van der Waals surface area contributed by atoms with Crippen molar-refractivity contribution in [2.75, 3.05) is 47.5 Å². The van der Waals surface area contributed by atoms with Crippen molar-refractivity contribution in [1.29, 1.82) is 0 Å². The molecule has 3 rings (SSSR count). The third kappa shape index (κ3) is 3.00. The van der Waals surface area contributed by atoms with E-state index < -0.39 is 0 Å². The van der Waals surface area contributed by atoms with Crippen LogP contribution in [0, 0.1) is 0 Å². The van der Waals surface area contributed by atoms with Crippen molar-refractivity contribution in [3.63, 3.8) is 0 Å². The number of Topliss-reactive ketones (excluding diaryl/α,β-unsaturated/α-hetero) is 1. The van der Waals surface area contributed by atoms with Crippen molar-refractivity contribution < 1.29 is 4.79 Å². The van der Waals surface area contributed by atoms with Gasteiger partial charge in [-0.15, -0.1) is 0 Å². The van der Waals surface area contributed by atoms with E-state index in [4.69, 9.17) is 0 Å². The summed E-state index contributed by atoms with van der Waals surface area (Å²) in [6, 6.07) is 2.06. The number of ketones is 1. The normalized spacial score (nSPS) is 20.7. The molecule has 0 saturated carbocycles. The van der Waals surface area contributed by atoms with Crippen molar-refractivity contribution in [2.24, 2.45) is 0 Å². The van der Waals surface area contributed by atoms with Gasteiger partial charge in [-0.3, -0.25) is 4.79 Å². The van der Waals surface area contributed by atoms with E-state index in [1.807, 2.05) is 11.8 Å². The molecule has 0 aromatic carbocycles. The Kier molecular flexibility index (Phi) is 3.87. The number of anilines is 2. The number of carbonyl (C=O) groups is 1. The highest BCUT2D eigenvalue weighted by atomic mass is 32.2. The Morgan fingerprint density at radius 2 is 1.53 bits per heavy atom. The van der Waals surface area contributed by atoms with Gasteiger partial charge in [0, 0.05) is 56.6 Å². The molecule has 1 aromatic rings. The Hall–Kier alpha value is -1.30. The first kappa shape index (κ1) is 12.7. The number of aromatic nitrogens is 2. The van der Waals surface area contributed by atoms with Gasteiger partial charge in [-0.25, -0.2) is 9.97 Å². The molecular formula is C13H18N4OS. The van der Waals surface area contributed by atoms with Crippen LogP contribution in [0.1, 0.15) is 12.8 Å². The number of rotatable bonds is 2. The predicted molar refractivity (Wildman–Crippen MR) is 78.0 cm³/mol. The second kappa shape index (κ2) is 5.77. The second-order valence-corrected chi connectivity index (χ2v) is 6.08. The van der Waals surface area contributed by atoms with Crippen LogP contribution in [0.15, 0.2) is 12.4 Å². The highest BCUT2D eigenvalue weighted by Gasteiger charge is 2.19. The molecule has 0 N–H and O–H groups in total. The standard InChI is InChI=1S/C13H18N4OS/c18-11-1-3-16(4-2-11)12-9-13(15-10-14-12)17-5-7-19-8-6-17/h9-10H,1-8H2. The van der Waals surface area contributed by atoms with Crippen LogP contribution in [0.3, 0.4) is 0 Å². The summed E-state index contributed by atoms with van der Waals surface area (Å²) in [6.07, 6.45) is 2.92. The van der Waals surface area contributed by atoms with Crippen LogP contribution in [0.5, 0.6) is 0 Å². The monoisotopic (exact) mass is 278 g/mol. The number of hydrogen-bond donors (Lipinski definition) is 0. The quantitative estimate of drug-likeness (QED) is 0.810. The van der Waals surface area contributed by atoms with Gasteiger partial charge in [-0.05, 0) is 0 Å². The van der Waals surface area contributed by atoms with E-state index in [0.29, 0.717) is 18.6 Å². The van der Waals surface area contributed by atoms with E-state index in [1.165, 1.54) is 0 Å². The number of thioether (sulfide) groups is 1. The molecule has 5 nitrogen and oxygen atoms in total. The number of nitrogens with zero attached hydrogens (tertiary/aromatic N) is 4. The zero-order chi connectivity index (χ0) is 13.1. The molecule has 19 heavy (non-hydrogen) atoms. The first-order valence-corrected chi connectivity index (χ1v) is 7.90. The molecule has 2 fully saturated rings. The van der Waals surface area contributed by atoms with E-state index >= 15 is 0 Å². The average molecular weight is 278 g/mol. The predicted octanol–water partition coefficient (Wildman–Crippen LogP) is 1.20. The molecule has 0 unspecified atom stereocenters. The Labute approximate surface area is 117 Å². The van der Waals surface area contributed by atoms with Crippen molar-refractivity contribution in [3.8, 4) is 0 Å². The van der Waals surface area contributed by atoms with Crippen molar-refractivity contribution in [3.05, 3.63) is 12.4 Å². The van der Waals surface area contributed by atoms with Crippen molar-refractivity contribution in [2.45, 2.75) is 12.8 Å². The van der Waals surface area contributed by atoms with Crippen LogP contribution >= 0.6 is 11.8 Å². The fraction of sp³-hybridized carbons (Fsp3) is 0.615. The summed E-state index contributed by atoms with van der Waals surface area (Å²) in [5.41, 5.74) is 0. The minimum atomic E-state index is 0.360. The van der Waals surface area contributed by atoms with Crippen molar-refractivity contribution >= 4 is 29.2 Å². The van der Waals surface area contributed by atoms with E-state index in [9.17, 15) is 4.79 Å². The maximum atomic E-state index is 11.3. The van der Waals surface area contributed by atoms with Crippen molar-refractivity contribution in [1.82, 2.24) is 9.97 Å². The number of piperidine rings is 1. The zero-order valence-corrected chi connectivity index (χ0v) is 11.7. The third-order valence-corrected chi connectivity index (χ3v) is 4.56. The molecule has 3 heterocycles. The molecule has 0 bridgehead atoms. The maximum Gasteiger partial charge on any atom is 0.136 e. The highest BCUT2D eigenvalue weighted by Crippen LogP contribution is 2.22. The Bertz CT molecular complexity index is 452. The van der Waals surface area contributed by atoms with E-state index in [2.05, 4.69) is 25.8 Å². The van der Waals surface area contributed by atoms with Crippen LogP contribution in [0.4, 0.5) is 11.6 Å². The molecule has 102 valence electrons. The van der Waals surface area contributed by atoms with Gasteiger partial charge in [0.1, 0.15) is 23.7 Å². The van der Waals surface area contributed by atoms with Crippen LogP contribution in [0.25, 0.3) is 0 Å². The molecule has 0 spiro atoms. The fourth-order valence-corrected chi connectivity index (χ4v) is 3.36. The summed E-state index contributed by atoms with van der Waals surface area (Å²) in [5.74, 6) is 4.66. The summed E-state index contributed by atoms with van der Waals surface area (Å²) in [7, 11) is 0. The number of carbonyl (C=O) groups excluding carboxylic acids is 1. The lowest BCUT2D eigenvalue weighted by atomic mass is 10.1. The second-order valence-electron chi connectivity index (χ2n) is 4.86. The maximum absolute atomic E-state index is 11.3. The summed E-state index contributed by atoms with van der Waals surface area (Å²) in [5, 5.41) is 0. The van der Waals surface area contributed by atoms with Gasteiger partial charge < -0.3 is 9.80 Å². The minimum Gasteiger partial charge on any atom is -0.356 e. The third-order valence-electron chi connectivity index (χ3n) is 3.62. The van der Waals surface area contributed by atoms with Gasteiger partial charge in [-0.2, -0.15) is 11.8 Å². The topological polar surface area (TPSA) is 49.3 Å². The van der Waals surface area contributed by atoms with Crippen LogP contribution in [-0.2, 0) is 4.79 Å². The Balaban J connectivity index is 1.73. The summed E-state index contributed by atoms with van der Waals surface area (Å²) < 4.78 is 0. The fourth-order valence-electron chi connectivity index (χ4n) is 2.46. The lowest BCUT2D eigenvalue weighted by Crippen LogP contribution is -2.35. The van der Waals surface area contributed by atoms with Gasteiger partial charge in [0.05, 0.1) is 0 Å². The first-order valence-electron chi connectivity index (χ1n) is 6.74. The van der Waals surface area contributed by atoms with Gasteiger partial charge >= 0.3 is 0 Å². The molecule has 0 aliphatic carbocycles. The summed E-state index contributed by atoms with van der Waals surface area (Å²) >= 11 is 1.99. The molecule has 2 aliphatic rings. The van der Waals surface area contributed by atoms with Crippen LogP contribution < -0.4 is 9.80 Å². The Morgan fingerprint density at radius 1 is 0.947 bits per heavy atom. The lowest BCUT2D eigenvalue weighted by molar-refractivity contribution is -0.119. The summed E-state index contributed by atoms with van der Waals surface area (Å²) in [4.78, 5) is 24.5.